The zero-order chi connectivity index (χ0) is 15.0. The molecule has 1 fully saturated rings. The van der Waals surface area contributed by atoms with Gasteiger partial charge in [-0.2, -0.15) is 0 Å². The van der Waals surface area contributed by atoms with Crippen LogP contribution in [0.1, 0.15) is 49.2 Å². The van der Waals surface area contributed by atoms with Crippen LogP contribution in [0.3, 0.4) is 0 Å². The molecule has 1 aromatic heterocycles. The van der Waals surface area contributed by atoms with E-state index in [9.17, 15) is 4.79 Å². The van der Waals surface area contributed by atoms with Crippen molar-refractivity contribution >= 4 is 16.8 Å². The Morgan fingerprint density at radius 2 is 2.10 bits per heavy atom. The SMILES string of the molecule is Cc1cc(C(=O)NC2CCC(C)(C)C2)c2ccccc2n1. The fraction of sp³-hybridized carbons (Fsp3) is 0.444. The maximum atomic E-state index is 12.6. The van der Waals surface area contributed by atoms with Gasteiger partial charge < -0.3 is 5.32 Å². The fourth-order valence-corrected chi connectivity index (χ4v) is 3.32. The van der Waals surface area contributed by atoms with Crippen LogP contribution in [0.2, 0.25) is 0 Å². The van der Waals surface area contributed by atoms with E-state index in [1.807, 2.05) is 37.3 Å². The minimum absolute atomic E-state index is 0.0272. The van der Waals surface area contributed by atoms with E-state index >= 15 is 0 Å². The van der Waals surface area contributed by atoms with E-state index in [0.29, 0.717) is 11.5 Å². The van der Waals surface area contributed by atoms with Crippen molar-refractivity contribution in [2.24, 2.45) is 5.41 Å². The molecular weight excluding hydrogens is 260 g/mol. The number of aryl methyl sites for hydroxylation is 1. The van der Waals surface area contributed by atoms with Crippen LogP contribution in [0.4, 0.5) is 0 Å². The quantitative estimate of drug-likeness (QED) is 0.909. The number of carbonyl (C=O) groups excluding carboxylic acids is 1. The van der Waals surface area contributed by atoms with Gasteiger partial charge in [0.15, 0.2) is 0 Å². The van der Waals surface area contributed by atoms with E-state index in [1.54, 1.807) is 0 Å². The number of aromatic nitrogens is 1. The van der Waals surface area contributed by atoms with Gasteiger partial charge in [-0.1, -0.05) is 32.0 Å². The number of hydrogen-bond acceptors (Lipinski definition) is 2. The van der Waals surface area contributed by atoms with Crippen LogP contribution in [-0.4, -0.2) is 16.9 Å². The largest absolute Gasteiger partial charge is 0.349 e. The van der Waals surface area contributed by atoms with Crippen LogP contribution in [-0.2, 0) is 0 Å². The van der Waals surface area contributed by atoms with Crippen molar-refractivity contribution < 1.29 is 4.79 Å². The summed E-state index contributed by atoms with van der Waals surface area (Å²) in [4.78, 5) is 17.1. The molecule has 1 aliphatic carbocycles. The van der Waals surface area contributed by atoms with Gasteiger partial charge in [-0.3, -0.25) is 9.78 Å². The molecular formula is C18H22N2O. The Bertz CT molecular complexity index is 691. The molecule has 3 rings (SSSR count). The lowest BCUT2D eigenvalue weighted by atomic mass is 9.92. The van der Waals surface area contributed by atoms with E-state index < -0.39 is 0 Å². The molecule has 0 radical (unpaired) electrons. The van der Waals surface area contributed by atoms with Crippen LogP contribution >= 0.6 is 0 Å². The maximum absolute atomic E-state index is 12.6. The fourth-order valence-electron chi connectivity index (χ4n) is 3.32. The van der Waals surface area contributed by atoms with Gasteiger partial charge in [0, 0.05) is 17.1 Å². The number of fused-ring (bicyclic) bond motifs is 1. The maximum Gasteiger partial charge on any atom is 0.252 e. The van der Waals surface area contributed by atoms with Crippen LogP contribution in [0.5, 0.6) is 0 Å². The number of carbonyl (C=O) groups is 1. The molecule has 1 saturated carbocycles. The molecule has 110 valence electrons. The summed E-state index contributed by atoms with van der Waals surface area (Å²) in [5.41, 5.74) is 2.84. The monoisotopic (exact) mass is 282 g/mol. The molecule has 3 nitrogen and oxygen atoms in total. The van der Waals surface area contributed by atoms with Gasteiger partial charge in [-0.05, 0) is 43.7 Å². The van der Waals surface area contributed by atoms with E-state index in [-0.39, 0.29) is 5.91 Å². The molecule has 0 spiro atoms. The van der Waals surface area contributed by atoms with Crippen molar-refractivity contribution in [1.29, 1.82) is 0 Å². The van der Waals surface area contributed by atoms with Crippen LogP contribution in [0.15, 0.2) is 30.3 Å². The summed E-state index contributed by atoms with van der Waals surface area (Å²) in [6.45, 7) is 6.47. The minimum Gasteiger partial charge on any atom is -0.349 e. The summed E-state index contributed by atoms with van der Waals surface area (Å²) in [7, 11) is 0. The second-order valence-corrected chi connectivity index (χ2v) is 6.91. The van der Waals surface area contributed by atoms with Crippen LogP contribution < -0.4 is 5.32 Å². The topological polar surface area (TPSA) is 42.0 Å². The van der Waals surface area contributed by atoms with Crippen molar-refractivity contribution in [2.45, 2.75) is 46.1 Å². The first kappa shape index (κ1) is 14.1. The van der Waals surface area contributed by atoms with Gasteiger partial charge in [0.25, 0.3) is 5.91 Å². The molecule has 0 saturated heterocycles. The zero-order valence-electron chi connectivity index (χ0n) is 12.9. The third kappa shape index (κ3) is 2.92. The van der Waals surface area contributed by atoms with Crippen molar-refractivity contribution in [3.05, 3.63) is 41.6 Å². The average molecular weight is 282 g/mol. The van der Waals surface area contributed by atoms with E-state index in [2.05, 4.69) is 24.1 Å². The molecule has 0 aliphatic heterocycles. The molecule has 2 aromatic rings. The number of hydrogen-bond donors (Lipinski definition) is 1. The first-order valence-electron chi connectivity index (χ1n) is 7.62. The Balaban J connectivity index is 1.88. The molecule has 3 heteroatoms. The predicted molar refractivity (Wildman–Crippen MR) is 85.4 cm³/mol. The Morgan fingerprint density at radius 3 is 2.81 bits per heavy atom. The van der Waals surface area contributed by atoms with Crippen molar-refractivity contribution in [2.75, 3.05) is 0 Å². The van der Waals surface area contributed by atoms with Gasteiger partial charge in [0.05, 0.1) is 11.1 Å². The Kier molecular flexibility index (Phi) is 3.44. The second kappa shape index (κ2) is 5.14. The van der Waals surface area contributed by atoms with Crippen molar-refractivity contribution in [1.82, 2.24) is 10.3 Å². The summed E-state index contributed by atoms with van der Waals surface area (Å²) in [5, 5.41) is 4.13. The summed E-state index contributed by atoms with van der Waals surface area (Å²) in [6.07, 6.45) is 3.30. The number of amides is 1. The molecule has 1 heterocycles. The minimum atomic E-state index is 0.0272. The Labute approximate surface area is 125 Å². The lowest BCUT2D eigenvalue weighted by Gasteiger charge is -2.18. The number of benzene rings is 1. The number of nitrogens with zero attached hydrogens (tertiary/aromatic N) is 1. The van der Waals surface area contributed by atoms with Crippen LogP contribution in [0.25, 0.3) is 10.9 Å². The van der Waals surface area contributed by atoms with E-state index in [0.717, 1.165) is 35.0 Å². The third-order valence-electron chi connectivity index (χ3n) is 4.39. The first-order valence-corrected chi connectivity index (χ1v) is 7.62. The molecule has 1 atom stereocenters. The summed E-state index contributed by atoms with van der Waals surface area (Å²) in [5.74, 6) is 0.0272. The summed E-state index contributed by atoms with van der Waals surface area (Å²) in [6, 6.07) is 10.0. The highest BCUT2D eigenvalue weighted by Crippen LogP contribution is 2.37. The number of rotatable bonds is 2. The van der Waals surface area contributed by atoms with Gasteiger partial charge in [-0.25, -0.2) is 0 Å². The number of pyridine rings is 1. The van der Waals surface area contributed by atoms with Gasteiger partial charge in [-0.15, -0.1) is 0 Å². The normalized spacial score (nSPS) is 20.6. The van der Waals surface area contributed by atoms with Crippen molar-refractivity contribution in [3.63, 3.8) is 0 Å². The van der Waals surface area contributed by atoms with Gasteiger partial charge in [0.1, 0.15) is 0 Å². The predicted octanol–water partition coefficient (Wildman–Crippen LogP) is 3.85. The highest BCUT2D eigenvalue weighted by atomic mass is 16.1. The molecule has 0 bridgehead atoms. The standard InChI is InChI=1S/C18H22N2O/c1-12-10-15(14-6-4-5-7-16(14)19-12)17(21)20-13-8-9-18(2,3)11-13/h4-7,10,13H,8-9,11H2,1-3H3,(H,20,21). The highest BCUT2D eigenvalue weighted by molar-refractivity contribution is 6.06. The molecule has 1 unspecified atom stereocenters. The van der Waals surface area contributed by atoms with E-state index in [4.69, 9.17) is 0 Å². The third-order valence-corrected chi connectivity index (χ3v) is 4.39. The lowest BCUT2D eigenvalue weighted by molar-refractivity contribution is 0.0937. The number of para-hydroxylation sites is 1. The molecule has 1 amide bonds. The van der Waals surface area contributed by atoms with Crippen molar-refractivity contribution in [3.8, 4) is 0 Å². The van der Waals surface area contributed by atoms with Gasteiger partial charge >= 0.3 is 0 Å². The summed E-state index contributed by atoms with van der Waals surface area (Å²) < 4.78 is 0. The summed E-state index contributed by atoms with van der Waals surface area (Å²) >= 11 is 0. The highest BCUT2D eigenvalue weighted by Gasteiger charge is 2.32. The van der Waals surface area contributed by atoms with Crippen LogP contribution in [0, 0.1) is 12.3 Å². The second-order valence-electron chi connectivity index (χ2n) is 6.91. The smallest absolute Gasteiger partial charge is 0.252 e. The Hall–Kier alpha value is -1.90. The first-order chi connectivity index (χ1) is 9.94. The lowest BCUT2D eigenvalue weighted by Crippen LogP contribution is -2.33. The zero-order valence-corrected chi connectivity index (χ0v) is 12.9. The van der Waals surface area contributed by atoms with E-state index in [1.165, 1.54) is 6.42 Å². The average Bonchev–Trinajstić information content (AvgIpc) is 2.76. The molecule has 1 aliphatic rings. The molecule has 21 heavy (non-hydrogen) atoms. The molecule has 1 N–H and O–H groups in total. The van der Waals surface area contributed by atoms with Gasteiger partial charge in [0.2, 0.25) is 0 Å². The number of nitrogens with one attached hydrogen (secondary N) is 1. The molecule has 1 aromatic carbocycles. The Morgan fingerprint density at radius 1 is 1.33 bits per heavy atom.